The van der Waals surface area contributed by atoms with Crippen molar-refractivity contribution in [3.05, 3.63) is 64.0 Å². The predicted molar refractivity (Wildman–Crippen MR) is 93.4 cm³/mol. The van der Waals surface area contributed by atoms with Crippen molar-refractivity contribution in [1.82, 2.24) is 0 Å². The third-order valence-electron chi connectivity index (χ3n) is 4.26. The molecule has 2 aromatic carbocycles. The van der Waals surface area contributed by atoms with E-state index in [2.05, 4.69) is 10.6 Å². The van der Waals surface area contributed by atoms with E-state index >= 15 is 0 Å². The number of nitrogens with one attached hydrogen (secondary N) is 2. The Hall–Kier alpha value is -3.29. The minimum Gasteiger partial charge on any atom is -0.326 e. The van der Waals surface area contributed by atoms with Crippen molar-refractivity contribution in [3.8, 4) is 0 Å². The Labute approximate surface area is 148 Å². The SMILES string of the molecule is C[C@@H]1C[C@@H]1C(=O)Nc1ccc(C(=O)Nc2ccc(F)c([N+](=O)[O-])c2)cc1. The molecule has 0 spiro atoms. The number of carbonyl (C=O) groups is 2. The second-order valence-electron chi connectivity index (χ2n) is 6.26. The van der Waals surface area contributed by atoms with Crippen LogP contribution in [0, 0.1) is 27.8 Å². The van der Waals surface area contributed by atoms with Gasteiger partial charge in [-0.3, -0.25) is 19.7 Å². The van der Waals surface area contributed by atoms with Crippen LogP contribution >= 0.6 is 0 Å². The van der Waals surface area contributed by atoms with E-state index in [0.29, 0.717) is 17.2 Å². The summed E-state index contributed by atoms with van der Waals surface area (Å²) >= 11 is 0. The number of halogens is 1. The Kier molecular flexibility index (Phi) is 4.66. The molecular formula is C18H16FN3O4. The number of anilines is 2. The van der Waals surface area contributed by atoms with E-state index in [4.69, 9.17) is 0 Å². The molecule has 0 bridgehead atoms. The maximum atomic E-state index is 13.3. The maximum Gasteiger partial charge on any atom is 0.306 e. The van der Waals surface area contributed by atoms with E-state index in [0.717, 1.165) is 18.6 Å². The number of nitro groups is 1. The van der Waals surface area contributed by atoms with Gasteiger partial charge >= 0.3 is 5.69 Å². The van der Waals surface area contributed by atoms with Crippen LogP contribution in [-0.4, -0.2) is 16.7 Å². The van der Waals surface area contributed by atoms with Crippen LogP contribution in [0.4, 0.5) is 21.5 Å². The zero-order chi connectivity index (χ0) is 18.8. The van der Waals surface area contributed by atoms with Crippen LogP contribution in [0.25, 0.3) is 0 Å². The Morgan fingerprint density at radius 1 is 1.12 bits per heavy atom. The number of nitro benzene ring substituents is 1. The Morgan fingerprint density at radius 2 is 1.73 bits per heavy atom. The van der Waals surface area contributed by atoms with E-state index in [9.17, 15) is 24.1 Å². The van der Waals surface area contributed by atoms with Gasteiger partial charge < -0.3 is 10.6 Å². The van der Waals surface area contributed by atoms with Gasteiger partial charge in [0.25, 0.3) is 5.91 Å². The molecule has 0 aliphatic heterocycles. The minimum atomic E-state index is -0.974. The smallest absolute Gasteiger partial charge is 0.306 e. The number of benzene rings is 2. The van der Waals surface area contributed by atoms with E-state index in [1.807, 2.05) is 6.92 Å². The average Bonchev–Trinajstić information content (AvgIpc) is 3.34. The highest BCUT2D eigenvalue weighted by molar-refractivity contribution is 6.05. The largest absolute Gasteiger partial charge is 0.326 e. The van der Waals surface area contributed by atoms with Gasteiger partial charge in [0.15, 0.2) is 0 Å². The summed E-state index contributed by atoms with van der Waals surface area (Å²) < 4.78 is 13.3. The zero-order valence-electron chi connectivity index (χ0n) is 13.9. The highest BCUT2D eigenvalue weighted by atomic mass is 19.1. The number of hydrogen-bond donors (Lipinski definition) is 2. The highest BCUT2D eigenvalue weighted by Gasteiger charge is 2.39. The molecule has 26 heavy (non-hydrogen) atoms. The van der Waals surface area contributed by atoms with Gasteiger partial charge in [0.2, 0.25) is 11.7 Å². The van der Waals surface area contributed by atoms with Crippen molar-refractivity contribution < 1.29 is 18.9 Å². The molecule has 8 heteroatoms. The standard InChI is InChI=1S/C18H16FN3O4/c1-10-8-14(10)18(24)20-12-4-2-11(3-5-12)17(23)21-13-6-7-15(19)16(9-13)22(25)26/h2-7,9-10,14H,8H2,1H3,(H,20,24)(H,21,23)/t10-,14+/m1/s1. The van der Waals surface area contributed by atoms with Gasteiger partial charge in [-0.1, -0.05) is 6.92 Å². The molecular weight excluding hydrogens is 341 g/mol. The summed E-state index contributed by atoms with van der Waals surface area (Å²) in [6.07, 6.45) is 0.885. The number of rotatable bonds is 5. The second-order valence-corrected chi connectivity index (χ2v) is 6.26. The van der Waals surface area contributed by atoms with Crippen LogP contribution in [-0.2, 0) is 4.79 Å². The fraction of sp³-hybridized carbons (Fsp3) is 0.222. The fourth-order valence-electron chi connectivity index (χ4n) is 2.56. The molecule has 0 saturated heterocycles. The summed E-state index contributed by atoms with van der Waals surface area (Å²) in [6, 6.07) is 9.38. The summed E-state index contributed by atoms with van der Waals surface area (Å²) in [5, 5.41) is 16.0. The Bertz CT molecular complexity index is 883. The molecule has 0 heterocycles. The highest BCUT2D eigenvalue weighted by Crippen LogP contribution is 2.38. The lowest BCUT2D eigenvalue weighted by Crippen LogP contribution is -2.15. The molecule has 1 aliphatic carbocycles. The summed E-state index contributed by atoms with van der Waals surface area (Å²) in [6.45, 7) is 2.01. The normalized spacial score (nSPS) is 18.1. The molecule has 7 nitrogen and oxygen atoms in total. The predicted octanol–water partition coefficient (Wildman–Crippen LogP) is 3.58. The molecule has 2 N–H and O–H groups in total. The lowest BCUT2D eigenvalue weighted by molar-refractivity contribution is -0.387. The Balaban J connectivity index is 1.65. The molecule has 0 aromatic heterocycles. The number of carbonyl (C=O) groups excluding carboxylic acids is 2. The van der Waals surface area contributed by atoms with Gasteiger partial charge in [-0.15, -0.1) is 0 Å². The molecule has 2 aromatic rings. The van der Waals surface area contributed by atoms with E-state index in [-0.39, 0.29) is 17.5 Å². The molecule has 3 rings (SSSR count). The first-order chi connectivity index (χ1) is 12.3. The van der Waals surface area contributed by atoms with Crippen LogP contribution < -0.4 is 10.6 Å². The number of amides is 2. The van der Waals surface area contributed by atoms with Crippen molar-refractivity contribution in [3.63, 3.8) is 0 Å². The van der Waals surface area contributed by atoms with Gasteiger partial charge in [0, 0.05) is 28.9 Å². The summed E-state index contributed by atoms with van der Waals surface area (Å²) in [5.41, 5.74) is 0.288. The molecule has 1 aliphatic rings. The van der Waals surface area contributed by atoms with Crippen LogP contribution in [0.2, 0.25) is 0 Å². The van der Waals surface area contributed by atoms with E-state index < -0.39 is 22.3 Å². The molecule has 0 radical (unpaired) electrons. The first-order valence-corrected chi connectivity index (χ1v) is 8.01. The van der Waals surface area contributed by atoms with Crippen molar-refractivity contribution in [1.29, 1.82) is 0 Å². The van der Waals surface area contributed by atoms with Crippen molar-refractivity contribution >= 4 is 28.9 Å². The van der Waals surface area contributed by atoms with Crippen molar-refractivity contribution in [2.75, 3.05) is 10.6 Å². The topological polar surface area (TPSA) is 101 Å². The number of hydrogen-bond acceptors (Lipinski definition) is 4. The Morgan fingerprint density at radius 3 is 2.31 bits per heavy atom. The van der Waals surface area contributed by atoms with Gasteiger partial charge in [-0.05, 0) is 48.7 Å². The van der Waals surface area contributed by atoms with E-state index in [1.165, 1.54) is 18.2 Å². The van der Waals surface area contributed by atoms with Gasteiger partial charge in [-0.25, -0.2) is 0 Å². The van der Waals surface area contributed by atoms with Gasteiger partial charge in [0.1, 0.15) is 0 Å². The summed E-state index contributed by atoms with van der Waals surface area (Å²) in [4.78, 5) is 34.0. The zero-order valence-corrected chi connectivity index (χ0v) is 13.9. The van der Waals surface area contributed by atoms with Gasteiger partial charge in [-0.2, -0.15) is 4.39 Å². The molecule has 1 fully saturated rings. The summed E-state index contributed by atoms with van der Waals surface area (Å²) in [7, 11) is 0. The quantitative estimate of drug-likeness (QED) is 0.631. The number of nitrogens with zero attached hydrogens (tertiary/aromatic N) is 1. The first kappa shape index (κ1) is 17.5. The van der Waals surface area contributed by atoms with Gasteiger partial charge in [0.05, 0.1) is 4.92 Å². The van der Waals surface area contributed by atoms with Crippen molar-refractivity contribution in [2.45, 2.75) is 13.3 Å². The van der Waals surface area contributed by atoms with E-state index in [1.54, 1.807) is 12.1 Å². The molecule has 134 valence electrons. The van der Waals surface area contributed by atoms with Crippen LogP contribution in [0.15, 0.2) is 42.5 Å². The lowest BCUT2D eigenvalue weighted by Gasteiger charge is -2.08. The van der Waals surface area contributed by atoms with Crippen molar-refractivity contribution in [2.24, 2.45) is 11.8 Å². The molecule has 2 atom stereocenters. The fourth-order valence-corrected chi connectivity index (χ4v) is 2.56. The van der Waals surface area contributed by atoms with Crippen LogP contribution in [0.3, 0.4) is 0 Å². The monoisotopic (exact) mass is 357 g/mol. The summed E-state index contributed by atoms with van der Waals surface area (Å²) in [5.74, 6) is -1.06. The maximum absolute atomic E-state index is 13.3. The molecule has 0 unspecified atom stereocenters. The molecule has 2 amide bonds. The van der Waals surface area contributed by atoms with Crippen LogP contribution in [0.1, 0.15) is 23.7 Å². The molecule has 1 saturated carbocycles. The lowest BCUT2D eigenvalue weighted by atomic mass is 10.1. The third kappa shape index (κ3) is 3.85. The minimum absolute atomic E-state index is 0.0340. The first-order valence-electron chi connectivity index (χ1n) is 8.01. The average molecular weight is 357 g/mol. The van der Waals surface area contributed by atoms with Crippen LogP contribution in [0.5, 0.6) is 0 Å². The second kappa shape index (κ2) is 6.91. The third-order valence-corrected chi connectivity index (χ3v) is 4.26.